The van der Waals surface area contributed by atoms with Gasteiger partial charge in [0, 0.05) is 5.56 Å². The van der Waals surface area contributed by atoms with Crippen LogP contribution in [0.2, 0.25) is 0 Å². The molecule has 0 amide bonds. The zero-order chi connectivity index (χ0) is 10.0. The molecule has 0 fully saturated rings. The number of hydrogen-bond donors (Lipinski definition) is 3. The van der Waals surface area contributed by atoms with Gasteiger partial charge in [0.05, 0.1) is 18.0 Å². The van der Waals surface area contributed by atoms with E-state index in [9.17, 15) is 13.6 Å². The minimum Gasteiger partial charge on any atom is -0.394 e. The van der Waals surface area contributed by atoms with Gasteiger partial charge < -0.3 is 15.8 Å². The fraction of sp³-hybridized carbons (Fsp3) is 0.286. The molecular weight excluding hydrogens is 182 g/mol. The quantitative estimate of drug-likeness (QED) is 0.631. The number of anilines is 1. The Bertz CT molecular complexity index is 362. The number of nitrogen functional groups attached to an aromatic ring is 1. The van der Waals surface area contributed by atoms with Gasteiger partial charge in [-0.05, 0) is 6.07 Å². The van der Waals surface area contributed by atoms with Crippen molar-refractivity contribution in [3.8, 4) is 0 Å². The number of rotatable bonds is 2. The summed E-state index contributed by atoms with van der Waals surface area (Å²) >= 11 is 0. The number of H-pyrrole nitrogens is 1. The van der Waals surface area contributed by atoms with Gasteiger partial charge in [0.2, 0.25) is 0 Å². The Kier molecular flexibility index (Phi) is 2.62. The average molecular weight is 190 g/mol. The Morgan fingerprint density at radius 3 is 2.69 bits per heavy atom. The minimum atomic E-state index is -2.82. The van der Waals surface area contributed by atoms with E-state index in [1.165, 1.54) is 0 Å². The predicted octanol–water partition coefficient (Wildman–Crippen LogP) is 0.387. The lowest BCUT2D eigenvalue weighted by Gasteiger charge is -2.06. The number of aromatic amines is 1. The van der Waals surface area contributed by atoms with Crippen molar-refractivity contribution in [2.45, 2.75) is 13.0 Å². The van der Waals surface area contributed by atoms with E-state index in [4.69, 9.17) is 10.8 Å². The molecule has 1 aromatic heterocycles. The number of aromatic nitrogens is 1. The van der Waals surface area contributed by atoms with E-state index in [0.29, 0.717) is 0 Å². The fourth-order valence-corrected chi connectivity index (χ4v) is 0.931. The highest BCUT2D eigenvalue weighted by molar-refractivity contribution is 5.40. The Morgan fingerprint density at radius 2 is 2.23 bits per heavy atom. The lowest BCUT2D eigenvalue weighted by molar-refractivity contribution is 0.141. The first-order valence-electron chi connectivity index (χ1n) is 3.47. The maximum atomic E-state index is 12.2. The molecule has 0 saturated carbocycles. The van der Waals surface area contributed by atoms with Crippen LogP contribution >= 0.6 is 0 Å². The highest BCUT2D eigenvalue weighted by Crippen LogP contribution is 2.20. The van der Waals surface area contributed by atoms with Gasteiger partial charge in [0.1, 0.15) is 0 Å². The summed E-state index contributed by atoms with van der Waals surface area (Å²) in [7, 11) is 0. The van der Waals surface area contributed by atoms with Gasteiger partial charge in [-0.25, -0.2) is 8.78 Å². The van der Waals surface area contributed by atoms with Crippen LogP contribution in [0, 0.1) is 0 Å². The van der Waals surface area contributed by atoms with Crippen molar-refractivity contribution in [2.24, 2.45) is 0 Å². The smallest absolute Gasteiger partial charge is 0.278 e. The van der Waals surface area contributed by atoms with E-state index in [-0.39, 0.29) is 11.3 Å². The van der Waals surface area contributed by atoms with Gasteiger partial charge in [-0.15, -0.1) is 0 Å². The van der Waals surface area contributed by atoms with Gasteiger partial charge in [-0.3, -0.25) is 4.79 Å². The molecule has 6 heteroatoms. The van der Waals surface area contributed by atoms with Crippen molar-refractivity contribution in [1.82, 2.24) is 4.98 Å². The van der Waals surface area contributed by atoms with E-state index in [1.54, 1.807) is 0 Å². The van der Waals surface area contributed by atoms with Crippen LogP contribution in [0.5, 0.6) is 0 Å². The molecule has 0 atom stereocenters. The van der Waals surface area contributed by atoms with Crippen molar-refractivity contribution < 1.29 is 13.9 Å². The highest BCUT2D eigenvalue weighted by atomic mass is 19.3. The van der Waals surface area contributed by atoms with Crippen LogP contribution < -0.4 is 11.3 Å². The largest absolute Gasteiger partial charge is 0.394 e. The molecule has 0 bridgehead atoms. The van der Waals surface area contributed by atoms with Crippen LogP contribution in [-0.2, 0) is 6.61 Å². The normalized spacial score (nSPS) is 10.8. The highest BCUT2D eigenvalue weighted by Gasteiger charge is 2.14. The molecule has 0 radical (unpaired) electrons. The molecule has 1 rings (SSSR count). The monoisotopic (exact) mass is 190 g/mol. The first-order valence-corrected chi connectivity index (χ1v) is 3.47. The van der Waals surface area contributed by atoms with Crippen LogP contribution in [0.3, 0.4) is 0 Å². The molecule has 0 unspecified atom stereocenters. The van der Waals surface area contributed by atoms with Crippen LogP contribution in [0.25, 0.3) is 0 Å². The second-order valence-corrected chi connectivity index (χ2v) is 2.45. The van der Waals surface area contributed by atoms with Crippen LogP contribution in [0.4, 0.5) is 14.5 Å². The van der Waals surface area contributed by atoms with Crippen molar-refractivity contribution in [2.75, 3.05) is 5.73 Å². The zero-order valence-corrected chi connectivity index (χ0v) is 6.55. The number of halogens is 2. The van der Waals surface area contributed by atoms with E-state index in [0.717, 1.165) is 6.07 Å². The van der Waals surface area contributed by atoms with Gasteiger partial charge in [-0.1, -0.05) is 0 Å². The molecule has 4 N–H and O–H groups in total. The third kappa shape index (κ3) is 1.83. The van der Waals surface area contributed by atoms with Crippen molar-refractivity contribution in [1.29, 1.82) is 0 Å². The second kappa shape index (κ2) is 3.53. The number of aliphatic hydroxyl groups excluding tert-OH is 1. The maximum absolute atomic E-state index is 12.2. The Morgan fingerprint density at radius 1 is 1.62 bits per heavy atom. The predicted molar refractivity (Wildman–Crippen MR) is 42.4 cm³/mol. The first kappa shape index (κ1) is 9.66. The first-order chi connectivity index (χ1) is 6.06. The molecular formula is C7H8F2N2O2. The molecule has 0 aliphatic heterocycles. The summed E-state index contributed by atoms with van der Waals surface area (Å²) in [6, 6.07) is 1.04. The number of alkyl halides is 2. The van der Waals surface area contributed by atoms with Crippen LogP contribution in [-0.4, -0.2) is 10.1 Å². The van der Waals surface area contributed by atoms with Gasteiger partial charge in [-0.2, -0.15) is 0 Å². The summed E-state index contributed by atoms with van der Waals surface area (Å²) in [5.74, 6) is 0. The summed E-state index contributed by atoms with van der Waals surface area (Å²) in [5, 5.41) is 8.67. The van der Waals surface area contributed by atoms with E-state index in [2.05, 4.69) is 0 Å². The Balaban J connectivity index is 3.33. The van der Waals surface area contributed by atoms with E-state index < -0.39 is 24.3 Å². The molecule has 1 aromatic rings. The second-order valence-electron chi connectivity index (χ2n) is 2.45. The summed E-state index contributed by atoms with van der Waals surface area (Å²) in [6.45, 7) is -0.583. The number of aliphatic hydroxyl groups is 1. The molecule has 0 aromatic carbocycles. The number of pyridine rings is 1. The third-order valence-electron chi connectivity index (χ3n) is 1.57. The number of nitrogens with two attached hydrogens (primary N) is 1. The Labute approximate surface area is 72.0 Å². The molecule has 0 aliphatic carbocycles. The molecule has 13 heavy (non-hydrogen) atoms. The van der Waals surface area contributed by atoms with E-state index in [1.807, 2.05) is 4.98 Å². The minimum absolute atomic E-state index is 0.0629. The lowest BCUT2D eigenvalue weighted by Crippen LogP contribution is -2.16. The summed E-state index contributed by atoms with van der Waals surface area (Å²) < 4.78 is 24.4. The average Bonchev–Trinajstić information content (AvgIpc) is 2.08. The molecule has 72 valence electrons. The van der Waals surface area contributed by atoms with Gasteiger partial charge in [0.15, 0.2) is 0 Å². The topological polar surface area (TPSA) is 79.1 Å². The summed E-state index contributed by atoms with van der Waals surface area (Å²) in [6.07, 6.45) is -2.82. The fourth-order valence-electron chi connectivity index (χ4n) is 0.931. The third-order valence-corrected chi connectivity index (χ3v) is 1.57. The summed E-state index contributed by atoms with van der Waals surface area (Å²) in [4.78, 5) is 12.7. The molecule has 4 nitrogen and oxygen atoms in total. The van der Waals surface area contributed by atoms with Gasteiger partial charge in [0.25, 0.3) is 12.0 Å². The Hall–Kier alpha value is -1.43. The lowest BCUT2D eigenvalue weighted by atomic mass is 10.2. The standard InChI is InChI=1S/C7H8F2N2O2/c8-6(9)5-3(2-12)1-4(10)7(13)11-5/h1,6,12H,2,10H2,(H,11,13). The molecule has 0 spiro atoms. The number of hydrogen-bond acceptors (Lipinski definition) is 3. The van der Waals surface area contributed by atoms with Crippen molar-refractivity contribution in [3.05, 3.63) is 27.7 Å². The SMILES string of the molecule is Nc1cc(CO)c(C(F)F)[nH]c1=O. The molecule has 0 saturated heterocycles. The summed E-state index contributed by atoms with van der Waals surface area (Å²) in [5.41, 5.74) is 3.56. The molecule has 1 heterocycles. The van der Waals surface area contributed by atoms with Crippen molar-refractivity contribution >= 4 is 5.69 Å². The van der Waals surface area contributed by atoms with E-state index >= 15 is 0 Å². The molecule has 0 aliphatic rings. The van der Waals surface area contributed by atoms with Crippen LogP contribution in [0.15, 0.2) is 10.9 Å². The zero-order valence-electron chi connectivity index (χ0n) is 6.55. The number of nitrogens with one attached hydrogen (secondary N) is 1. The van der Waals surface area contributed by atoms with Crippen LogP contribution in [0.1, 0.15) is 17.7 Å². The van der Waals surface area contributed by atoms with Gasteiger partial charge >= 0.3 is 0 Å². The maximum Gasteiger partial charge on any atom is 0.278 e. The van der Waals surface area contributed by atoms with Crippen molar-refractivity contribution in [3.63, 3.8) is 0 Å².